The normalized spacial score (nSPS) is 21.0. The maximum absolute atomic E-state index is 13.3. The number of hydrogen-bond donors (Lipinski definition) is 0. The highest BCUT2D eigenvalue weighted by Crippen LogP contribution is 2.52. The van der Waals surface area contributed by atoms with E-state index in [4.69, 9.17) is 0 Å². The summed E-state index contributed by atoms with van der Waals surface area (Å²) in [5.41, 5.74) is 2.27. The number of rotatable bonds is 10. The van der Waals surface area contributed by atoms with Gasteiger partial charge in [-0.1, -0.05) is 42.5 Å². The molecule has 6 nitrogen and oxygen atoms in total. The van der Waals surface area contributed by atoms with Crippen LogP contribution in [-0.4, -0.2) is 57.8 Å². The van der Waals surface area contributed by atoms with Crippen LogP contribution in [0.15, 0.2) is 67.1 Å². The van der Waals surface area contributed by atoms with Crippen molar-refractivity contribution in [2.75, 3.05) is 26.2 Å². The molecule has 1 aromatic heterocycles. The maximum Gasteiger partial charge on any atom is 0.573 e. The first kappa shape index (κ1) is 25.3. The van der Waals surface area contributed by atoms with Gasteiger partial charge in [-0.05, 0) is 60.4 Å². The molecule has 0 radical (unpaired) electrons. The Kier molecular flexibility index (Phi) is 7.24. The second-order valence-electron chi connectivity index (χ2n) is 10.1. The maximum atomic E-state index is 13.3. The number of aryl methyl sites for hydroxylation is 2. The van der Waals surface area contributed by atoms with Crippen LogP contribution in [0.3, 0.4) is 0 Å². The number of piperidine rings is 1. The van der Waals surface area contributed by atoms with Gasteiger partial charge in [0.15, 0.2) is 0 Å². The highest BCUT2D eigenvalue weighted by molar-refractivity contribution is 5.92. The quantitative estimate of drug-likeness (QED) is 0.393. The van der Waals surface area contributed by atoms with Crippen LogP contribution >= 0.6 is 0 Å². The second-order valence-corrected chi connectivity index (χ2v) is 10.1. The van der Waals surface area contributed by atoms with Crippen LogP contribution in [0.4, 0.5) is 13.2 Å². The fraction of sp³-hybridized carbons (Fsp3) is 0.429. The molecule has 9 heteroatoms. The van der Waals surface area contributed by atoms with Crippen LogP contribution in [0.1, 0.15) is 28.0 Å². The summed E-state index contributed by atoms with van der Waals surface area (Å²) in [5, 5.41) is 0. The Hall–Kier alpha value is -3.33. The molecule has 1 aliphatic carbocycles. The summed E-state index contributed by atoms with van der Waals surface area (Å²) in [7, 11) is 1.80. The number of benzene rings is 2. The summed E-state index contributed by atoms with van der Waals surface area (Å²) in [6.07, 6.45) is 0.665. The van der Waals surface area contributed by atoms with Gasteiger partial charge in [0.2, 0.25) is 0 Å². The lowest BCUT2D eigenvalue weighted by Crippen LogP contribution is -2.35. The number of halogens is 3. The van der Waals surface area contributed by atoms with Crippen LogP contribution in [0, 0.1) is 17.8 Å². The molecule has 2 fully saturated rings. The number of amides is 1. The molecular weight excluding hydrogens is 481 g/mol. The van der Waals surface area contributed by atoms with Crippen LogP contribution in [-0.2, 0) is 20.0 Å². The van der Waals surface area contributed by atoms with E-state index in [-0.39, 0.29) is 18.2 Å². The molecule has 0 N–H and O–H groups in total. The van der Waals surface area contributed by atoms with Gasteiger partial charge >= 0.3 is 6.36 Å². The van der Waals surface area contributed by atoms with Gasteiger partial charge in [0.05, 0.1) is 6.33 Å². The highest BCUT2D eigenvalue weighted by atomic mass is 19.4. The summed E-state index contributed by atoms with van der Waals surface area (Å²) < 4.78 is 43.9. The molecule has 2 aliphatic rings. The molecule has 1 saturated heterocycles. The Morgan fingerprint density at radius 2 is 1.81 bits per heavy atom. The lowest BCUT2D eigenvalue weighted by Gasteiger charge is -2.25. The van der Waals surface area contributed by atoms with E-state index < -0.39 is 6.36 Å². The number of aromatic nitrogens is 2. The van der Waals surface area contributed by atoms with Gasteiger partial charge in [0.25, 0.3) is 5.91 Å². The van der Waals surface area contributed by atoms with Crippen molar-refractivity contribution in [1.29, 1.82) is 0 Å². The van der Waals surface area contributed by atoms with Crippen LogP contribution in [0.2, 0.25) is 0 Å². The molecule has 0 bridgehead atoms. The number of alkyl halides is 3. The molecule has 1 amide bonds. The first-order valence-corrected chi connectivity index (χ1v) is 12.6. The number of carbonyl (C=O) groups is 1. The van der Waals surface area contributed by atoms with E-state index in [1.54, 1.807) is 35.1 Å². The first-order valence-electron chi connectivity index (χ1n) is 12.6. The lowest BCUT2D eigenvalue weighted by atomic mass is 10.1. The van der Waals surface area contributed by atoms with E-state index in [0.29, 0.717) is 35.6 Å². The van der Waals surface area contributed by atoms with Crippen LogP contribution in [0.25, 0.3) is 0 Å². The average Bonchev–Trinajstić information content (AvgIpc) is 3.16. The SMILES string of the molecule is Cn1cnc(C(=O)N(Cc2cccc(OC(F)(F)F)c2)CC2C3CN(CCCc4ccccc4)CC32)c1. The average molecular weight is 513 g/mol. The predicted octanol–water partition coefficient (Wildman–Crippen LogP) is 4.77. The van der Waals surface area contributed by atoms with Crippen molar-refractivity contribution < 1.29 is 22.7 Å². The van der Waals surface area contributed by atoms with Crippen molar-refractivity contribution in [2.45, 2.75) is 25.7 Å². The van der Waals surface area contributed by atoms with Crippen molar-refractivity contribution in [3.8, 4) is 5.75 Å². The zero-order valence-corrected chi connectivity index (χ0v) is 20.8. The van der Waals surface area contributed by atoms with Gasteiger partial charge in [-0.15, -0.1) is 13.2 Å². The van der Waals surface area contributed by atoms with Crippen LogP contribution < -0.4 is 4.74 Å². The standard InChI is InChI=1S/C28H31F3N4O2/c1-33-18-26(32-19-33)27(36)35(14-21-9-5-11-22(13-21)37-28(29,30)31)17-25-23-15-34(16-24(23)25)12-6-10-20-7-3-2-4-8-20/h2-5,7-9,11,13,18-19,23-25H,6,10,12,14-17H2,1H3. The molecule has 2 heterocycles. The van der Waals surface area contributed by atoms with Crippen molar-refractivity contribution >= 4 is 5.91 Å². The summed E-state index contributed by atoms with van der Waals surface area (Å²) in [4.78, 5) is 21.8. The van der Waals surface area contributed by atoms with E-state index in [2.05, 4.69) is 38.9 Å². The Balaban J connectivity index is 1.19. The molecule has 2 atom stereocenters. The fourth-order valence-electron chi connectivity index (χ4n) is 5.56. The van der Waals surface area contributed by atoms with Crippen molar-refractivity contribution in [2.24, 2.45) is 24.8 Å². The predicted molar refractivity (Wildman–Crippen MR) is 133 cm³/mol. The molecule has 2 unspecified atom stereocenters. The minimum Gasteiger partial charge on any atom is -0.406 e. The molecule has 5 rings (SSSR count). The molecule has 0 spiro atoms. The number of imidazole rings is 1. The van der Waals surface area contributed by atoms with Gasteiger partial charge in [-0.2, -0.15) is 0 Å². The second kappa shape index (κ2) is 10.6. The summed E-state index contributed by atoms with van der Waals surface area (Å²) >= 11 is 0. The fourth-order valence-corrected chi connectivity index (χ4v) is 5.56. The topological polar surface area (TPSA) is 50.6 Å². The number of ether oxygens (including phenoxy) is 1. The largest absolute Gasteiger partial charge is 0.573 e. The first-order chi connectivity index (χ1) is 17.7. The molecule has 196 valence electrons. The van der Waals surface area contributed by atoms with Gasteiger partial charge in [0.1, 0.15) is 11.4 Å². The number of fused-ring (bicyclic) bond motifs is 1. The summed E-state index contributed by atoms with van der Waals surface area (Å²) in [6.45, 7) is 3.89. The minimum absolute atomic E-state index is 0.196. The Morgan fingerprint density at radius 3 is 2.49 bits per heavy atom. The van der Waals surface area contributed by atoms with E-state index in [1.165, 1.54) is 23.8 Å². The number of nitrogens with zero attached hydrogens (tertiary/aromatic N) is 4. The third kappa shape index (κ3) is 6.52. The van der Waals surface area contributed by atoms with Gasteiger partial charge < -0.3 is 19.1 Å². The zero-order valence-electron chi connectivity index (χ0n) is 20.8. The van der Waals surface area contributed by atoms with E-state index in [0.717, 1.165) is 32.5 Å². The van der Waals surface area contributed by atoms with E-state index in [1.807, 2.05) is 6.07 Å². The lowest BCUT2D eigenvalue weighted by molar-refractivity contribution is -0.274. The van der Waals surface area contributed by atoms with Crippen molar-refractivity contribution in [3.05, 3.63) is 83.9 Å². The van der Waals surface area contributed by atoms with Crippen molar-refractivity contribution in [1.82, 2.24) is 19.4 Å². The summed E-state index contributed by atoms with van der Waals surface area (Å²) in [5.74, 6) is 0.996. The molecular formula is C28H31F3N4O2. The van der Waals surface area contributed by atoms with Gasteiger partial charge in [0, 0.05) is 39.4 Å². The van der Waals surface area contributed by atoms with Crippen LogP contribution in [0.5, 0.6) is 5.75 Å². The van der Waals surface area contributed by atoms with E-state index >= 15 is 0 Å². The molecule has 1 aliphatic heterocycles. The molecule has 3 aromatic rings. The number of likely N-dealkylation sites (tertiary alicyclic amines) is 1. The number of hydrogen-bond acceptors (Lipinski definition) is 4. The molecule has 37 heavy (non-hydrogen) atoms. The van der Waals surface area contributed by atoms with Crippen molar-refractivity contribution in [3.63, 3.8) is 0 Å². The summed E-state index contributed by atoms with van der Waals surface area (Å²) in [6, 6.07) is 16.3. The smallest absolute Gasteiger partial charge is 0.406 e. The Morgan fingerprint density at radius 1 is 1.08 bits per heavy atom. The third-order valence-corrected chi connectivity index (χ3v) is 7.38. The van der Waals surface area contributed by atoms with Gasteiger partial charge in [-0.25, -0.2) is 4.98 Å². The third-order valence-electron chi connectivity index (χ3n) is 7.38. The highest BCUT2D eigenvalue weighted by Gasteiger charge is 2.55. The monoisotopic (exact) mass is 512 g/mol. The molecule has 1 saturated carbocycles. The molecule has 2 aromatic carbocycles. The minimum atomic E-state index is -4.76. The Labute approximate surface area is 214 Å². The number of carbonyl (C=O) groups excluding carboxylic acids is 1. The van der Waals surface area contributed by atoms with E-state index in [9.17, 15) is 18.0 Å². The van der Waals surface area contributed by atoms with Gasteiger partial charge in [-0.3, -0.25) is 4.79 Å². The Bertz CT molecular complexity index is 1200. The zero-order chi connectivity index (χ0) is 26.0.